The van der Waals surface area contributed by atoms with Crippen molar-refractivity contribution in [3.05, 3.63) is 23.8 Å². The van der Waals surface area contributed by atoms with Gasteiger partial charge in [0.05, 0.1) is 0 Å². The van der Waals surface area contributed by atoms with Crippen molar-refractivity contribution in [2.24, 2.45) is 16.7 Å². The molecule has 0 heterocycles. The van der Waals surface area contributed by atoms with Gasteiger partial charge >= 0.3 is 0 Å². The monoisotopic (exact) mass is 276 g/mol. The molecule has 2 rings (SSSR count). The maximum atomic E-state index is 11.2. The summed E-state index contributed by atoms with van der Waals surface area (Å²) in [5.41, 5.74) is 1.31. The molecule has 0 aromatic carbocycles. The molecule has 1 unspecified atom stereocenters. The third kappa shape index (κ3) is 5.07. The van der Waals surface area contributed by atoms with E-state index in [9.17, 15) is 9.59 Å². The Bertz CT molecular complexity index is 450. The van der Waals surface area contributed by atoms with Crippen LogP contribution in [-0.2, 0) is 9.59 Å². The van der Waals surface area contributed by atoms with Crippen LogP contribution >= 0.6 is 0 Å². The minimum absolute atomic E-state index is 0.117. The molecule has 0 saturated heterocycles. The van der Waals surface area contributed by atoms with Crippen LogP contribution in [0, 0.1) is 16.7 Å². The molecule has 0 radical (unpaired) electrons. The second kappa shape index (κ2) is 6.07. The summed E-state index contributed by atoms with van der Waals surface area (Å²) in [6, 6.07) is 0. The second-order valence-corrected chi connectivity index (χ2v) is 7.76. The highest BCUT2D eigenvalue weighted by molar-refractivity contribution is 5.95. The topological polar surface area (TPSA) is 34.1 Å². The molecule has 0 amide bonds. The first kappa shape index (κ1) is 16.9. The third-order valence-corrected chi connectivity index (χ3v) is 3.89. The number of allylic oxidation sites excluding steroid dienone is 4. The largest absolute Gasteiger partial charge is 0.295 e. The van der Waals surface area contributed by atoms with Gasteiger partial charge in [0, 0.05) is 11.8 Å². The van der Waals surface area contributed by atoms with Gasteiger partial charge in [-0.15, -0.1) is 0 Å². The van der Waals surface area contributed by atoms with Gasteiger partial charge < -0.3 is 0 Å². The van der Waals surface area contributed by atoms with Crippen molar-refractivity contribution >= 4 is 11.6 Å². The molecule has 0 aromatic heterocycles. The van der Waals surface area contributed by atoms with Crippen LogP contribution in [0.2, 0.25) is 0 Å². The van der Waals surface area contributed by atoms with E-state index in [2.05, 4.69) is 20.8 Å². The molecule has 20 heavy (non-hydrogen) atoms. The van der Waals surface area contributed by atoms with Gasteiger partial charge in [-0.2, -0.15) is 0 Å². The number of hydrogen-bond donors (Lipinski definition) is 0. The Hall–Kier alpha value is -1.18. The van der Waals surface area contributed by atoms with Gasteiger partial charge in [-0.05, 0) is 43.3 Å². The summed E-state index contributed by atoms with van der Waals surface area (Å²) in [6.07, 6.45) is 8.25. The molecule has 0 bridgehead atoms. The highest BCUT2D eigenvalue weighted by Crippen LogP contribution is 2.33. The molecule has 0 aromatic rings. The highest BCUT2D eigenvalue weighted by atomic mass is 16.1. The first-order chi connectivity index (χ1) is 9.02. The first-order valence-corrected chi connectivity index (χ1v) is 7.44. The molecular formula is C18H28O2. The molecule has 2 heteroatoms. The zero-order chi connectivity index (χ0) is 15.6. The Morgan fingerprint density at radius 2 is 1.70 bits per heavy atom. The van der Waals surface area contributed by atoms with Crippen molar-refractivity contribution in [2.45, 2.75) is 60.8 Å². The normalized spacial score (nSPS) is 27.5. The van der Waals surface area contributed by atoms with E-state index < -0.39 is 0 Å². The van der Waals surface area contributed by atoms with Crippen molar-refractivity contribution in [1.82, 2.24) is 0 Å². The summed E-state index contributed by atoms with van der Waals surface area (Å²) in [5.74, 6) is 1.12. The van der Waals surface area contributed by atoms with Crippen molar-refractivity contribution in [3.63, 3.8) is 0 Å². The average molecular weight is 276 g/mol. The summed E-state index contributed by atoms with van der Waals surface area (Å²) in [7, 11) is 0. The van der Waals surface area contributed by atoms with E-state index in [1.165, 1.54) is 5.57 Å². The average Bonchev–Trinajstić information content (AvgIpc) is 2.20. The van der Waals surface area contributed by atoms with Crippen LogP contribution in [0.3, 0.4) is 0 Å². The lowest BCUT2D eigenvalue weighted by molar-refractivity contribution is -0.123. The van der Waals surface area contributed by atoms with E-state index in [1.54, 1.807) is 12.2 Å². The second-order valence-electron chi connectivity index (χ2n) is 7.76. The van der Waals surface area contributed by atoms with E-state index in [-0.39, 0.29) is 22.4 Å². The predicted molar refractivity (Wildman–Crippen MR) is 83.5 cm³/mol. The minimum Gasteiger partial charge on any atom is -0.295 e. The van der Waals surface area contributed by atoms with Crippen molar-refractivity contribution < 1.29 is 9.59 Å². The zero-order valence-electron chi connectivity index (χ0n) is 13.7. The Morgan fingerprint density at radius 1 is 1.10 bits per heavy atom. The summed E-state index contributed by atoms with van der Waals surface area (Å²) in [4.78, 5) is 22.2. The van der Waals surface area contributed by atoms with Gasteiger partial charge in [-0.1, -0.05) is 46.3 Å². The van der Waals surface area contributed by atoms with Crippen molar-refractivity contribution in [3.8, 4) is 0 Å². The van der Waals surface area contributed by atoms with Crippen LogP contribution in [0.5, 0.6) is 0 Å². The first-order valence-electron chi connectivity index (χ1n) is 7.44. The minimum atomic E-state index is -0.117. The molecule has 2 aliphatic carbocycles. The quantitative estimate of drug-likeness (QED) is 0.653. The Labute approximate surface area is 123 Å². The molecule has 0 spiro atoms. The van der Waals surface area contributed by atoms with Crippen molar-refractivity contribution in [2.75, 3.05) is 0 Å². The Balaban J connectivity index is 0.000000200. The molecule has 0 fully saturated rings. The van der Waals surface area contributed by atoms with Gasteiger partial charge in [0.15, 0.2) is 11.6 Å². The van der Waals surface area contributed by atoms with Crippen LogP contribution < -0.4 is 0 Å². The van der Waals surface area contributed by atoms with Crippen molar-refractivity contribution in [1.29, 1.82) is 0 Å². The van der Waals surface area contributed by atoms with E-state index in [0.29, 0.717) is 12.3 Å². The lowest BCUT2D eigenvalue weighted by Gasteiger charge is -2.27. The molecule has 2 nitrogen and oxygen atoms in total. The fourth-order valence-corrected chi connectivity index (χ4v) is 3.12. The molecule has 0 N–H and O–H groups in total. The molecule has 112 valence electrons. The maximum absolute atomic E-state index is 11.2. The molecular weight excluding hydrogens is 248 g/mol. The lowest BCUT2D eigenvalue weighted by atomic mass is 9.76. The number of rotatable bonds is 0. The summed E-state index contributed by atoms with van der Waals surface area (Å²) in [5, 5.41) is 0. The Kier molecular flexibility index (Phi) is 5.12. The number of ketones is 2. The number of hydrogen-bond acceptors (Lipinski definition) is 2. The fraction of sp³-hybridized carbons (Fsp3) is 0.667. The third-order valence-electron chi connectivity index (χ3n) is 3.89. The van der Waals surface area contributed by atoms with Crippen LogP contribution in [0.15, 0.2) is 23.8 Å². The molecule has 2 aliphatic rings. The zero-order valence-corrected chi connectivity index (χ0v) is 13.7. The van der Waals surface area contributed by atoms with Crippen LogP contribution in [0.4, 0.5) is 0 Å². The predicted octanol–water partition coefficient (Wildman–Crippen LogP) is 4.50. The van der Waals surface area contributed by atoms with E-state index >= 15 is 0 Å². The SMILES string of the molecule is CC1=CC(=O)CC(C)(C)C1.CC1C=CC(=O)C(C)(C)C1. The van der Waals surface area contributed by atoms with E-state index in [0.717, 1.165) is 12.8 Å². The standard InChI is InChI=1S/2C9H14O/c1-7-4-8(10)6-9(2,3)5-7;1-7-4-5-8(10)9(2,3)6-7/h4H,5-6H2,1-3H3;4-5,7H,6H2,1-3H3. The van der Waals surface area contributed by atoms with Gasteiger partial charge in [0.2, 0.25) is 0 Å². The van der Waals surface area contributed by atoms with Crippen LogP contribution in [0.1, 0.15) is 60.8 Å². The van der Waals surface area contributed by atoms with Gasteiger partial charge in [0.25, 0.3) is 0 Å². The van der Waals surface area contributed by atoms with E-state index in [4.69, 9.17) is 0 Å². The smallest absolute Gasteiger partial charge is 0.160 e. The van der Waals surface area contributed by atoms with Gasteiger partial charge in [-0.25, -0.2) is 0 Å². The Morgan fingerprint density at radius 3 is 2.10 bits per heavy atom. The van der Waals surface area contributed by atoms with Gasteiger partial charge in [0.1, 0.15) is 0 Å². The van der Waals surface area contributed by atoms with Gasteiger partial charge in [-0.3, -0.25) is 9.59 Å². The fourth-order valence-electron chi connectivity index (χ4n) is 3.12. The van der Waals surface area contributed by atoms with E-state index in [1.807, 2.05) is 26.8 Å². The summed E-state index contributed by atoms with van der Waals surface area (Å²) >= 11 is 0. The molecule has 0 saturated carbocycles. The lowest BCUT2D eigenvalue weighted by Crippen LogP contribution is -2.27. The maximum Gasteiger partial charge on any atom is 0.160 e. The molecule has 0 aliphatic heterocycles. The number of carbonyl (C=O) groups is 2. The summed E-state index contributed by atoms with van der Waals surface area (Å²) in [6.45, 7) is 12.5. The molecule has 1 atom stereocenters. The van der Waals surface area contributed by atoms with Crippen LogP contribution in [-0.4, -0.2) is 11.6 Å². The number of carbonyl (C=O) groups excluding carboxylic acids is 2. The van der Waals surface area contributed by atoms with Crippen LogP contribution in [0.25, 0.3) is 0 Å². The summed E-state index contributed by atoms with van der Waals surface area (Å²) < 4.78 is 0. The highest BCUT2D eigenvalue weighted by Gasteiger charge is 2.29.